The molecule has 1 aromatic carbocycles. The van der Waals surface area contributed by atoms with E-state index in [-0.39, 0.29) is 22.5 Å². The first-order chi connectivity index (χ1) is 12.8. The predicted molar refractivity (Wildman–Crippen MR) is 94.0 cm³/mol. The van der Waals surface area contributed by atoms with E-state index in [9.17, 15) is 23.2 Å². The molecule has 0 spiro atoms. The Morgan fingerprint density at radius 3 is 2.70 bits per heavy atom. The summed E-state index contributed by atoms with van der Waals surface area (Å²) in [5, 5.41) is 9.20. The number of methoxy groups -OCH3 is 1. The maximum absolute atomic E-state index is 13.4. The number of benzene rings is 1. The van der Waals surface area contributed by atoms with Crippen LogP contribution < -0.4 is 4.74 Å². The summed E-state index contributed by atoms with van der Waals surface area (Å²) in [6.45, 7) is 0. The lowest BCUT2D eigenvalue weighted by Gasteiger charge is -2.13. The predicted octanol–water partition coefficient (Wildman–Crippen LogP) is 4.83. The maximum atomic E-state index is 13.4. The fourth-order valence-electron chi connectivity index (χ4n) is 2.58. The molecular weight excluding hydrogens is 377 g/mol. The standard InChI is InChI=1S/C19H15F3N2O2S/c1-26-13-4-2-3-12(7-13)17(25)10-27-18-14(9-23)15(19(20,21)22)8-16(24-18)11-5-6-11/h2-4,7-8,11H,5-6,10H2,1H3. The summed E-state index contributed by atoms with van der Waals surface area (Å²) in [7, 11) is 1.48. The van der Waals surface area contributed by atoms with Crippen LogP contribution in [0, 0.1) is 11.3 Å². The fraction of sp³-hybridized carbons (Fsp3) is 0.316. The second-order valence-corrected chi connectivity index (χ2v) is 7.07. The molecular formula is C19H15F3N2O2S. The third-order valence-electron chi connectivity index (χ3n) is 4.15. The van der Waals surface area contributed by atoms with Gasteiger partial charge in [0, 0.05) is 17.2 Å². The van der Waals surface area contributed by atoms with E-state index in [1.807, 2.05) is 0 Å². The first-order valence-electron chi connectivity index (χ1n) is 8.15. The lowest BCUT2D eigenvalue weighted by molar-refractivity contribution is -0.138. The maximum Gasteiger partial charge on any atom is 0.417 e. The van der Waals surface area contributed by atoms with Gasteiger partial charge < -0.3 is 4.74 Å². The highest BCUT2D eigenvalue weighted by Gasteiger charge is 2.38. The summed E-state index contributed by atoms with van der Waals surface area (Å²) in [5.74, 6) is 0.0966. The molecule has 0 atom stereocenters. The van der Waals surface area contributed by atoms with E-state index in [1.165, 1.54) is 7.11 Å². The van der Waals surface area contributed by atoms with Crippen LogP contribution in [0.25, 0.3) is 0 Å². The molecule has 1 fully saturated rings. The molecule has 1 aliphatic carbocycles. The largest absolute Gasteiger partial charge is 0.497 e. The molecule has 0 amide bonds. The summed E-state index contributed by atoms with van der Waals surface area (Å²) < 4.78 is 45.1. The van der Waals surface area contributed by atoms with E-state index in [4.69, 9.17) is 4.74 Å². The molecule has 27 heavy (non-hydrogen) atoms. The number of alkyl halides is 3. The number of rotatable bonds is 6. The fourth-order valence-corrected chi connectivity index (χ4v) is 3.48. The minimum Gasteiger partial charge on any atom is -0.497 e. The number of ether oxygens (including phenoxy) is 1. The Balaban J connectivity index is 1.88. The average Bonchev–Trinajstić information content (AvgIpc) is 3.49. The van der Waals surface area contributed by atoms with E-state index in [0.29, 0.717) is 17.0 Å². The van der Waals surface area contributed by atoms with Crippen LogP contribution in [-0.4, -0.2) is 23.6 Å². The van der Waals surface area contributed by atoms with E-state index in [1.54, 1.807) is 30.3 Å². The highest BCUT2D eigenvalue weighted by atomic mass is 32.2. The number of carbonyl (C=O) groups excluding carboxylic acids is 1. The first-order valence-corrected chi connectivity index (χ1v) is 9.14. The molecule has 140 valence electrons. The number of ketones is 1. The van der Waals surface area contributed by atoms with E-state index >= 15 is 0 Å². The van der Waals surface area contributed by atoms with Crippen LogP contribution in [0.2, 0.25) is 0 Å². The quantitative estimate of drug-likeness (QED) is 0.520. The van der Waals surface area contributed by atoms with Gasteiger partial charge in [-0.2, -0.15) is 18.4 Å². The van der Waals surface area contributed by atoms with Gasteiger partial charge in [0.2, 0.25) is 0 Å². The Morgan fingerprint density at radius 2 is 2.11 bits per heavy atom. The van der Waals surface area contributed by atoms with Crippen LogP contribution in [0.5, 0.6) is 5.75 Å². The Labute approximate surface area is 158 Å². The number of thioether (sulfide) groups is 1. The van der Waals surface area contributed by atoms with Gasteiger partial charge in [-0.1, -0.05) is 23.9 Å². The summed E-state index contributed by atoms with van der Waals surface area (Å²) >= 11 is 0.854. The Bertz CT molecular complexity index is 918. The van der Waals surface area contributed by atoms with Crippen LogP contribution in [0.3, 0.4) is 0 Å². The Kier molecular flexibility index (Phi) is 5.42. The molecule has 0 aliphatic heterocycles. The van der Waals surface area contributed by atoms with Crippen molar-refractivity contribution in [2.24, 2.45) is 0 Å². The smallest absolute Gasteiger partial charge is 0.417 e. The minimum absolute atomic E-state index is 0.00715. The second kappa shape index (κ2) is 7.61. The number of hydrogen-bond donors (Lipinski definition) is 0. The number of nitrogens with zero attached hydrogens (tertiary/aromatic N) is 2. The molecule has 0 radical (unpaired) electrons. The zero-order valence-corrected chi connectivity index (χ0v) is 15.2. The zero-order valence-electron chi connectivity index (χ0n) is 14.3. The first kappa shape index (κ1) is 19.2. The molecule has 1 heterocycles. The topological polar surface area (TPSA) is 63.0 Å². The molecule has 0 unspecified atom stereocenters. The molecule has 0 bridgehead atoms. The van der Waals surface area contributed by atoms with Crippen molar-refractivity contribution in [3.8, 4) is 11.8 Å². The van der Waals surface area contributed by atoms with Crippen molar-refractivity contribution < 1.29 is 22.7 Å². The number of nitriles is 1. The highest BCUT2D eigenvalue weighted by Crippen LogP contribution is 2.43. The van der Waals surface area contributed by atoms with Gasteiger partial charge >= 0.3 is 6.18 Å². The van der Waals surface area contributed by atoms with Gasteiger partial charge in [-0.3, -0.25) is 4.79 Å². The van der Waals surface area contributed by atoms with Gasteiger partial charge in [-0.25, -0.2) is 4.98 Å². The molecule has 1 aliphatic rings. The lowest BCUT2D eigenvalue weighted by Crippen LogP contribution is -2.12. The number of aromatic nitrogens is 1. The van der Waals surface area contributed by atoms with E-state index in [0.717, 1.165) is 30.7 Å². The SMILES string of the molecule is COc1cccc(C(=O)CSc2nc(C3CC3)cc(C(F)(F)F)c2C#N)c1. The van der Waals surface area contributed by atoms with Crippen molar-refractivity contribution in [2.75, 3.05) is 12.9 Å². The van der Waals surface area contributed by atoms with Crippen molar-refractivity contribution in [2.45, 2.75) is 30.0 Å². The molecule has 1 saturated carbocycles. The molecule has 8 heteroatoms. The van der Waals surface area contributed by atoms with Crippen LogP contribution in [0.4, 0.5) is 13.2 Å². The van der Waals surface area contributed by atoms with Gasteiger partial charge in [-0.05, 0) is 31.0 Å². The number of carbonyl (C=O) groups is 1. The van der Waals surface area contributed by atoms with Crippen molar-refractivity contribution in [1.82, 2.24) is 4.98 Å². The summed E-state index contributed by atoms with van der Waals surface area (Å²) in [4.78, 5) is 16.6. The van der Waals surface area contributed by atoms with Crippen molar-refractivity contribution >= 4 is 17.5 Å². The van der Waals surface area contributed by atoms with Gasteiger partial charge in [0.25, 0.3) is 0 Å². The van der Waals surface area contributed by atoms with E-state index in [2.05, 4.69) is 4.98 Å². The molecule has 2 aromatic rings. The van der Waals surface area contributed by atoms with Crippen LogP contribution in [0.1, 0.15) is 45.9 Å². The van der Waals surface area contributed by atoms with E-state index < -0.39 is 17.3 Å². The molecule has 0 N–H and O–H groups in total. The zero-order chi connectivity index (χ0) is 19.6. The summed E-state index contributed by atoms with van der Waals surface area (Å²) in [6, 6.07) is 9.08. The number of halogens is 3. The van der Waals surface area contributed by atoms with Crippen LogP contribution >= 0.6 is 11.8 Å². The number of hydrogen-bond acceptors (Lipinski definition) is 5. The van der Waals surface area contributed by atoms with Crippen LogP contribution in [-0.2, 0) is 6.18 Å². The minimum atomic E-state index is -4.65. The third-order valence-corrected chi connectivity index (χ3v) is 5.13. The third kappa shape index (κ3) is 4.42. The second-order valence-electron chi connectivity index (χ2n) is 6.10. The number of Topliss-reactive ketones (excluding diaryl/α,β-unsaturated/α-hetero) is 1. The average molecular weight is 392 g/mol. The van der Waals surface area contributed by atoms with Crippen molar-refractivity contribution in [1.29, 1.82) is 5.26 Å². The lowest BCUT2D eigenvalue weighted by atomic mass is 10.1. The van der Waals surface area contributed by atoms with Gasteiger partial charge in [0.05, 0.1) is 24.0 Å². The van der Waals surface area contributed by atoms with Gasteiger partial charge in [0.1, 0.15) is 16.8 Å². The summed E-state index contributed by atoms with van der Waals surface area (Å²) in [5.41, 5.74) is -0.805. The Morgan fingerprint density at radius 1 is 1.37 bits per heavy atom. The number of pyridine rings is 1. The summed E-state index contributed by atoms with van der Waals surface area (Å²) in [6.07, 6.45) is -3.09. The molecule has 1 aromatic heterocycles. The van der Waals surface area contributed by atoms with Gasteiger partial charge in [-0.15, -0.1) is 0 Å². The molecule has 4 nitrogen and oxygen atoms in total. The van der Waals surface area contributed by atoms with Crippen molar-refractivity contribution in [3.63, 3.8) is 0 Å². The van der Waals surface area contributed by atoms with Crippen LogP contribution in [0.15, 0.2) is 35.4 Å². The molecule has 3 rings (SSSR count). The normalized spacial score (nSPS) is 13.9. The monoisotopic (exact) mass is 392 g/mol. The molecule has 0 saturated heterocycles. The van der Waals surface area contributed by atoms with Crippen molar-refractivity contribution in [3.05, 3.63) is 52.7 Å². The Hall–Kier alpha value is -2.53. The van der Waals surface area contributed by atoms with Gasteiger partial charge in [0.15, 0.2) is 5.78 Å². The highest BCUT2D eigenvalue weighted by molar-refractivity contribution is 8.00.